The first-order valence-corrected chi connectivity index (χ1v) is 8.21. The maximum atomic E-state index is 12.7. The molecule has 2 aliphatic rings. The SMILES string of the molecule is C=C1CCC(N2C(=O)c3ccc(C#CC(C)(C)C)cc3C2=O)C(=O)N1. The molecule has 0 radical (unpaired) electrons. The van der Waals surface area contributed by atoms with Crippen molar-refractivity contribution >= 4 is 17.7 Å². The van der Waals surface area contributed by atoms with Gasteiger partial charge in [0.15, 0.2) is 0 Å². The predicted molar refractivity (Wildman–Crippen MR) is 93.6 cm³/mol. The van der Waals surface area contributed by atoms with Crippen molar-refractivity contribution in [2.24, 2.45) is 5.41 Å². The van der Waals surface area contributed by atoms with Gasteiger partial charge in [0.25, 0.3) is 11.8 Å². The number of imide groups is 1. The molecule has 1 fully saturated rings. The Morgan fingerprint density at radius 3 is 2.48 bits per heavy atom. The number of nitrogens with one attached hydrogen (secondary N) is 1. The molecule has 1 N–H and O–H groups in total. The van der Waals surface area contributed by atoms with Crippen LogP contribution in [-0.4, -0.2) is 28.7 Å². The average Bonchev–Trinajstić information content (AvgIpc) is 2.77. The van der Waals surface area contributed by atoms with Gasteiger partial charge >= 0.3 is 0 Å². The van der Waals surface area contributed by atoms with Gasteiger partial charge in [-0.2, -0.15) is 0 Å². The van der Waals surface area contributed by atoms with Gasteiger partial charge in [-0.05, 0) is 51.8 Å². The number of nitrogens with zero attached hydrogens (tertiary/aromatic N) is 1. The van der Waals surface area contributed by atoms with Crippen LogP contribution in [0.2, 0.25) is 0 Å². The molecule has 0 bridgehead atoms. The van der Waals surface area contributed by atoms with Crippen LogP contribution in [0.5, 0.6) is 0 Å². The third-order valence-corrected chi connectivity index (χ3v) is 4.13. The summed E-state index contributed by atoms with van der Waals surface area (Å²) >= 11 is 0. The van der Waals surface area contributed by atoms with Crippen LogP contribution in [0, 0.1) is 17.3 Å². The summed E-state index contributed by atoms with van der Waals surface area (Å²) in [7, 11) is 0. The van der Waals surface area contributed by atoms with Crippen LogP contribution in [0.4, 0.5) is 0 Å². The lowest BCUT2D eigenvalue weighted by Crippen LogP contribution is -2.51. The fraction of sp³-hybridized carbons (Fsp3) is 0.350. The van der Waals surface area contributed by atoms with E-state index in [4.69, 9.17) is 0 Å². The van der Waals surface area contributed by atoms with Gasteiger partial charge in [-0.15, -0.1) is 0 Å². The number of piperidine rings is 1. The number of benzene rings is 1. The van der Waals surface area contributed by atoms with E-state index < -0.39 is 17.9 Å². The molecule has 2 heterocycles. The lowest BCUT2D eigenvalue weighted by Gasteiger charge is -2.29. The fourth-order valence-electron chi connectivity index (χ4n) is 2.89. The number of carbonyl (C=O) groups excluding carboxylic acids is 3. The molecule has 0 saturated carbocycles. The summed E-state index contributed by atoms with van der Waals surface area (Å²) in [6.07, 6.45) is 0.943. The Hall–Kier alpha value is -2.87. The topological polar surface area (TPSA) is 66.5 Å². The van der Waals surface area contributed by atoms with Crippen molar-refractivity contribution in [3.8, 4) is 11.8 Å². The van der Waals surface area contributed by atoms with Crippen molar-refractivity contribution in [2.75, 3.05) is 0 Å². The molecule has 2 aliphatic heterocycles. The molecule has 1 aromatic carbocycles. The number of hydrogen-bond acceptors (Lipinski definition) is 3. The van der Waals surface area contributed by atoms with Crippen molar-refractivity contribution < 1.29 is 14.4 Å². The van der Waals surface area contributed by atoms with E-state index in [1.165, 1.54) is 0 Å². The molecule has 3 amide bonds. The van der Waals surface area contributed by atoms with Crippen LogP contribution in [0.3, 0.4) is 0 Å². The summed E-state index contributed by atoms with van der Waals surface area (Å²) in [6, 6.07) is 4.19. The predicted octanol–water partition coefficient (Wildman–Crippen LogP) is 2.47. The van der Waals surface area contributed by atoms with Gasteiger partial charge in [0.05, 0.1) is 11.1 Å². The highest BCUT2D eigenvalue weighted by Gasteiger charge is 2.43. The van der Waals surface area contributed by atoms with Crippen LogP contribution < -0.4 is 5.32 Å². The van der Waals surface area contributed by atoms with Gasteiger partial charge in [-0.3, -0.25) is 19.3 Å². The van der Waals surface area contributed by atoms with Crippen molar-refractivity contribution in [1.29, 1.82) is 0 Å². The number of fused-ring (bicyclic) bond motifs is 1. The Morgan fingerprint density at radius 1 is 1.16 bits per heavy atom. The normalized spacial score (nSPS) is 20.1. The minimum absolute atomic E-state index is 0.159. The molecule has 3 rings (SSSR count). The molecule has 1 atom stereocenters. The lowest BCUT2D eigenvalue weighted by atomic mass is 9.97. The molecule has 1 aromatic rings. The van der Waals surface area contributed by atoms with Crippen molar-refractivity contribution in [2.45, 2.75) is 39.7 Å². The Morgan fingerprint density at radius 2 is 1.84 bits per heavy atom. The second-order valence-electron chi connectivity index (χ2n) is 7.39. The zero-order valence-electron chi connectivity index (χ0n) is 14.6. The molecule has 5 nitrogen and oxygen atoms in total. The highest BCUT2D eigenvalue weighted by Crippen LogP contribution is 2.29. The van der Waals surface area contributed by atoms with E-state index in [1.807, 2.05) is 20.8 Å². The zero-order chi connectivity index (χ0) is 18.4. The van der Waals surface area contributed by atoms with Crippen molar-refractivity contribution in [1.82, 2.24) is 10.2 Å². The lowest BCUT2D eigenvalue weighted by molar-refractivity contribution is -0.125. The smallest absolute Gasteiger partial charge is 0.262 e. The van der Waals surface area contributed by atoms with Gasteiger partial charge in [0, 0.05) is 16.7 Å². The summed E-state index contributed by atoms with van der Waals surface area (Å²) < 4.78 is 0. The quantitative estimate of drug-likeness (QED) is 0.633. The zero-order valence-corrected chi connectivity index (χ0v) is 14.6. The number of allylic oxidation sites excluding steroid dienone is 1. The first kappa shape index (κ1) is 17.0. The monoisotopic (exact) mass is 336 g/mol. The summed E-state index contributed by atoms with van der Waals surface area (Å²) in [5.74, 6) is 4.92. The molecule has 0 aromatic heterocycles. The molecule has 5 heteroatoms. The number of carbonyl (C=O) groups is 3. The minimum atomic E-state index is -0.790. The van der Waals surface area contributed by atoms with E-state index in [2.05, 4.69) is 23.7 Å². The summed E-state index contributed by atoms with van der Waals surface area (Å²) in [5.41, 5.74) is 1.76. The molecule has 0 spiro atoms. The first-order chi connectivity index (χ1) is 11.7. The van der Waals surface area contributed by atoms with Gasteiger partial charge < -0.3 is 5.32 Å². The number of rotatable bonds is 1. The van der Waals surface area contributed by atoms with Crippen LogP contribution in [0.1, 0.15) is 59.9 Å². The van der Waals surface area contributed by atoms with Crippen LogP contribution in [0.25, 0.3) is 0 Å². The second-order valence-corrected chi connectivity index (χ2v) is 7.39. The van der Waals surface area contributed by atoms with Gasteiger partial charge in [-0.25, -0.2) is 0 Å². The highest BCUT2D eigenvalue weighted by molar-refractivity contribution is 6.23. The van der Waals surface area contributed by atoms with Crippen LogP contribution in [-0.2, 0) is 4.79 Å². The van der Waals surface area contributed by atoms with E-state index in [0.717, 1.165) is 4.90 Å². The molecular formula is C20H20N2O3. The molecule has 1 saturated heterocycles. The Balaban J connectivity index is 1.93. The second kappa shape index (κ2) is 5.89. The molecular weight excluding hydrogens is 316 g/mol. The molecule has 128 valence electrons. The van der Waals surface area contributed by atoms with Crippen LogP contribution >= 0.6 is 0 Å². The van der Waals surface area contributed by atoms with Crippen LogP contribution in [0.15, 0.2) is 30.5 Å². The minimum Gasteiger partial charge on any atom is -0.329 e. The van der Waals surface area contributed by atoms with E-state index in [-0.39, 0.29) is 11.3 Å². The largest absolute Gasteiger partial charge is 0.329 e. The number of hydrogen-bond donors (Lipinski definition) is 1. The third-order valence-electron chi connectivity index (χ3n) is 4.13. The standard InChI is InChI=1S/C20H20N2O3/c1-12-5-8-16(17(23)21-12)22-18(24)14-7-6-13(9-10-20(2,3)4)11-15(14)19(22)25/h6-7,11,16H,1,5,8H2,2-4H3,(H,21,23). The van der Waals surface area contributed by atoms with Gasteiger partial charge in [0.1, 0.15) is 6.04 Å². The van der Waals surface area contributed by atoms with Crippen molar-refractivity contribution in [3.05, 3.63) is 47.2 Å². The summed E-state index contributed by atoms with van der Waals surface area (Å²) in [6.45, 7) is 9.72. The third kappa shape index (κ3) is 3.20. The summed E-state index contributed by atoms with van der Waals surface area (Å²) in [5, 5.41) is 2.62. The number of amides is 3. The average molecular weight is 336 g/mol. The Labute approximate surface area is 147 Å². The van der Waals surface area contributed by atoms with E-state index >= 15 is 0 Å². The Kier molecular flexibility index (Phi) is 4.00. The molecule has 0 aliphatic carbocycles. The van der Waals surface area contributed by atoms with Gasteiger partial charge in [0.2, 0.25) is 5.91 Å². The van der Waals surface area contributed by atoms with E-state index in [0.29, 0.717) is 35.2 Å². The Bertz CT molecular complexity index is 865. The maximum absolute atomic E-state index is 12.7. The maximum Gasteiger partial charge on any atom is 0.262 e. The van der Waals surface area contributed by atoms with Gasteiger partial charge in [-0.1, -0.05) is 18.4 Å². The molecule has 1 unspecified atom stereocenters. The highest BCUT2D eigenvalue weighted by atomic mass is 16.2. The molecule has 25 heavy (non-hydrogen) atoms. The van der Waals surface area contributed by atoms with E-state index in [9.17, 15) is 14.4 Å². The van der Waals surface area contributed by atoms with E-state index in [1.54, 1.807) is 18.2 Å². The van der Waals surface area contributed by atoms with Crippen molar-refractivity contribution in [3.63, 3.8) is 0 Å². The summed E-state index contributed by atoms with van der Waals surface area (Å²) in [4.78, 5) is 38.6. The fourth-order valence-corrected chi connectivity index (χ4v) is 2.89. The first-order valence-electron chi connectivity index (χ1n) is 8.21.